The fourth-order valence-electron chi connectivity index (χ4n) is 3.41. The van der Waals surface area contributed by atoms with Crippen LogP contribution in [0.3, 0.4) is 0 Å². The molecule has 0 heterocycles. The van der Waals surface area contributed by atoms with Gasteiger partial charge in [-0.2, -0.15) is 0 Å². The normalized spacial score (nSPS) is 11.9. The Kier molecular flexibility index (Phi) is 7.03. The summed E-state index contributed by atoms with van der Waals surface area (Å²) in [5.74, 6) is 0. The van der Waals surface area contributed by atoms with Crippen LogP contribution in [0, 0.1) is 0 Å². The van der Waals surface area contributed by atoms with Crippen molar-refractivity contribution in [2.45, 2.75) is 0 Å². The van der Waals surface area contributed by atoms with Gasteiger partial charge in [-0.15, -0.1) is 0 Å². The standard InChI is InChI=1S/C29H21BrS/c30-26-18-16-22(17-19-26)20-27(23-10-4-1-5-11-23)28(24-12-6-2-7-13-24)21-29(31)25-14-8-3-9-15-25/h1-21H/b27-20+,28-21-. The van der Waals surface area contributed by atoms with Crippen LogP contribution in [0.5, 0.6) is 0 Å². The van der Waals surface area contributed by atoms with Crippen LogP contribution in [0.2, 0.25) is 0 Å². The van der Waals surface area contributed by atoms with Gasteiger partial charge in [0.2, 0.25) is 0 Å². The van der Waals surface area contributed by atoms with E-state index in [1.54, 1.807) is 0 Å². The number of hydrogen-bond acceptors (Lipinski definition) is 1. The van der Waals surface area contributed by atoms with E-state index in [1.165, 1.54) is 0 Å². The second-order valence-corrected chi connectivity index (χ2v) is 8.49. The fraction of sp³-hybridized carbons (Fsp3) is 0. The molecule has 0 fully saturated rings. The van der Waals surface area contributed by atoms with Crippen LogP contribution in [-0.4, -0.2) is 4.86 Å². The first kappa shape index (κ1) is 21.2. The van der Waals surface area contributed by atoms with Crippen molar-refractivity contribution in [2.75, 3.05) is 0 Å². The van der Waals surface area contributed by atoms with Crippen molar-refractivity contribution in [3.8, 4) is 0 Å². The van der Waals surface area contributed by atoms with Gasteiger partial charge in [0.1, 0.15) is 0 Å². The van der Waals surface area contributed by atoms with E-state index in [9.17, 15) is 0 Å². The largest absolute Gasteiger partial charge is 0.0794 e. The quantitative estimate of drug-likeness (QED) is 0.0875. The molecule has 0 saturated heterocycles. The Labute approximate surface area is 197 Å². The topological polar surface area (TPSA) is 0 Å². The molecule has 0 spiro atoms. The lowest BCUT2D eigenvalue weighted by molar-refractivity contribution is 1.57. The number of rotatable bonds is 6. The summed E-state index contributed by atoms with van der Waals surface area (Å²) in [4.78, 5) is 0.817. The van der Waals surface area contributed by atoms with Crippen LogP contribution < -0.4 is 0 Å². The Morgan fingerprint density at radius 3 is 1.52 bits per heavy atom. The molecule has 0 saturated carbocycles. The minimum absolute atomic E-state index is 0.817. The molecule has 4 aromatic carbocycles. The van der Waals surface area contributed by atoms with Crippen LogP contribution in [0.1, 0.15) is 22.3 Å². The average Bonchev–Trinajstić information content (AvgIpc) is 2.84. The molecule has 4 aromatic rings. The summed E-state index contributed by atoms with van der Waals surface area (Å²) in [5, 5.41) is 0. The molecule has 0 aliphatic carbocycles. The summed E-state index contributed by atoms with van der Waals surface area (Å²) >= 11 is 9.37. The van der Waals surface area contributed by atoms with Gasteiger partial charge < -0.3 is 0 Å². The van der Waals surface area contributed by atoms with E-state index in [0.717, 1.165) is 42.7 Å². The van der Waals surface area contributed by atoms with E-state index in [-0.39, 0.29) is 0 Å². The number of allylic oxidation sites excluding steroid dienone is 3. The molecular formula is C29H21BrS. The molecule has 0 bridgehead atoms. The first-order valence-electron chi connectivity index (χ1n) is 10.1. The zero-order valence-electron chi connectivity index (χ0n) is 16.9. The molecule has 0 aliphatic rings. The van der Waals surface area contributed by atoms with Gasteiger partial charge in [-0.05, 0) is 57.7 Å². The predicted molar refractivity (Wildman–Crippen MR) is 141 cm³/mol. The number of benzene rings is 4. The second-order valence-electron chi connectivity index (χ2n) is 7.13. The Morgan fingerprint density at radius 2 is 1.00 bits per heavy atom. The predicted octanol–water partition coefficient (Wildman–Crippen LogP) is 8.49. The van der Waals surface area contributed by atoms with Crippen LogP contribution in [-0.2, 0) is 0 Å². The Balaban J connectivity index is 1.91. The minimum Gasteiger partial charge on any atom is -0.0794 e. The number of hydrogen-bond donors (Lipinski definition) is 0. The van der Waals surface area contributed by atoms with E-state index in [4.69, 9.17) is 12.2 Å². The smallest absolute Gasteiger partial charge is 0.0455 e. The van der Waals surface area contributed by atoms with Gasteiger partial charge >= 0.3 is 0 Å². The molecule has 31 heavy (non-hydrogen) atoms. The molecule has 150 valence electrons. The summed E-state index contributed by atoms with van der Waals surface area (Å²) in [6.45, 7) is 0. The Morgan fingerprint density at radius 1 is 0.548 bits per heavy atom. The van der Waals surface area contributed by atoms with Gasteiger partial charge in [0.25, 0.3) is 0 Å². The molecule has 4 rings (SSSR count). The van der Waals surface area contributed by atoms with Crippen LogP contribution in [0.15, 0.2) is 126 Å². The van der Waals surface area contributed by atoms with Crippen LogP contribution >= 0.6 is 28.1 Å². The van der Waals surface area contributed by atoms with Crippen LogP contribution in [0.25, 0.3) is 17.2 Å². The first-order chi connectivity index (χ1) is 15.2. The molecule has 0 N–H and O–H groups in total. The molecule has 0 unspecified atom stereocenters. The SMILES string of the molecule is S=C(/C=C(\C(=C\c1ccc(Br)cc1)c1ccccc1)c1ccccc1)c1ccccc1. The van der Waals surface area contributed by atoms with E-state index in [1.807, 2.05) is 30.3 Å². The van der Waals surface area contributed by atoms with Gasteiger partial charge in [-0.25, -0.2) is 0 Å². The maximum absolute atomic E-state index is 5.84. The first-order valence-corrected chi connectivity index (χ1v) is 11.3. The van der Waals surface area contributed by atoms with Gasteiger partial charge in [0.15, 0.2) is 0 Å². The molecule has 0 aliphatic heterocycles. The summed E-state index contributed by atoms with van der Waals surface area (Å²) in [5.41, 5.74) is 6.69. The highest BCUT2D eigenvalue weighted by Crippen LogP contribution is 2.34. The van der Waals surface area contributed by atoms with Gasteiger partial charge in [-0.3, -0.25) is 0 Å². The summed E-state index contributed by atoms with van der Waals surface area (Å²) < 4.78 is 1.06. The van der Waals surface area contributed by atoms with Crippen molar-refractivity contribution >= 4 is 50.2 Å². The molecule has 0 atom stereocenters. The van der Waals surface area contributed by atoms with Gasteiger partial charge in [0, 0.05) is 9.34 Å². The van der Waals surface area contributed by atoms with Crippen molar-refractivity contribution < 1.29 is 0 Å². The maximum Gasteiger partial charge on any atom is 0.0455 e. The highest BCUT2D eigenvalue weighted by atomic mass is 79.9. The summed E-state index contributed by atoms with van der Waals surface area (Å²) in [6.07, 6.45) is 4.35. The third kappa shape index (κ3) is 5.55. The van der Waals surface area contributed by atoms with Crippen LogP contribution in [0.4, 0.5) is 0 Å². The zero-order valence-corrected chi connectivity index (χ0v) is 19.3. The lowest BCUT2D eigenvalue weighted by Crippen LogP contribution is -1.98. The monoisotopic (exact) mass is 480 g/mol. The van der Waals surface area contributed by atoms with Gasteiger partial charge in [-0.1, -0.05) is 131 Å². The molecule has 0 nitrogen and oxygen atoms in total. The number of halogens is 1. The molecule has 0 amide bonds. The highest BCUT2D eigenvalue weighted by Gasteiger charge is 2.12. The van der Waals surface area contributed by atoms with Crippen molar-refractivity contribution in [2.24, 2.45) is 0 Å². The summed E-state index contributed by atoms with van der Waals surface area (Å²) in [6, 6.07) is 39.5. The van der Waals surface area contributed by atoms with E-state index in [2.05, 4.69) is 113 Å². The summed E-state index contributed by atoms with van der Waals surface area (Å²) in [7, 11) is 0. The number of thiocarbonyl (C=S) groups is 1. The Bertz CT molecular complexity index is 1210. The molecule has 0 radical (unpaired) electrons. The van der Waals surface area contributed by atoms with Crippen molar-refractivity contribution in [3.63, 3.8) is 0 Å². The lowest BCUT2D eigenvalue weighted by Gasteiger charge is -2.15. The average molecular weight is 481 g/mol. The maximum atomic E-state index is 5.84. The zero-order chi connectivity index (χ0) is 21.5. The van der Waals surface area contributed by atoms with Crippen molar-refractivity contribution in [1.82, 2.24) is 0 Å². The molecule has 2 heteroatoms. The van der Waals surface area contributed by atoms with E-state index < -0.39 is 0 Å². The van der Waals surface area contributed by atoms with E-state index in [0.29, 0.717) is 0 Å². The van der Waals surface area contributed by atoms with E-state index >= 15 is 0 Å². The molecular weight excluding hydrogens is 460 g/mol. The van der Waals surface area contributed by atoms with Crippen molar-refractivity contribution in [3.05, 3.63) is 148 Å². The molecule has 0 aromatic heterocycles. The fourth-order valence-corrected chi connectivity index (χ4v) is 3.93. The second kappa shape index (κ2) is 10.3. The van der Waals surface area contributed by atoms with Crippen molar-refractivity contribution in [1.29, 1.82) is 0 Å². The highest BCUT2D eigenvalue weighted by molar-refractivity contribution is 9.10. The third-order valence-electron chi connectivity index (χ3n) is 4.97. The third-order valence-corrected chi connectivity index (χ3v) is 5.86. The Hall–Kier alpha value is -3.07. The lowest BCUT2D eigenvalue weighted by atomic mass is 9.89. The minimum atomic E-state index is 0.817. The van der Waals surface area contributed by atoms with Gasteiger partial charge in [0.05, 0.1) is 0 Å².